The largest absolute Gasteiger partial charge is 0.433 e. The molecule has 2 N–H and O–H groups in total. The zero-order valence-electron chi connectivity index (χ0n) is 18.9. The quantitative estimate of drug-likeness (QED) is 0.456. The molecule has 0 saturated carbocycles. The van der Waals surface area contributed by atoms with Gasteiger partial charge >= 0.3 is 12.4 Å². The van der Waals surface area contributed by atoms with Crippen molar-refractivity contribution in [1.29, 1.82) is 0 Å². The highest BCUT2D eigenvalue weighted by molar-refractivity contribution is 6.03. The van der Waals surface area contributed by atoms with Gasteiger partial charge in [-0.15, -0.1) is 0 Å². The van der Waals surface area contributed by atoms with Crippen LogP contribution < -0.4 is 15.5 Å². The number of aromatic nitrogens is 5. The number of rotatable bonds is 6. The normalized spacial score (nSPS) is 15.6. The molecule has 0 radical (unpaired) electrons. The van der Waals surface area contributed by atoms with Crippen LogP contribution in [-0.2, 0) is 24.1 Å². The summed E-state index contributed by atoms with van der Waals surface area (Å²) in [5.74, 6) is -0.491. The molecule has 0 aromatic carbocycles. The Labute approximate surface area is 207 Å². The molecule has 4 rings (SSSR count). The summed E-state index contributed by atoms with van der Waals surface area (Å²) in [5.41, 5.74) is 0.859. The van der Waals surface area contributed by atoms with Crippen LogP contribution in [0.15, 0.2) is 30.7 Å². The summed E-state index contributed by atoms with van der Waals surface area (Å²) in [6.07, 6.45) is -6.03. The second kappa shape index (κ2) is 10.2. The molecule has 0 aliphatic carbocycles. The molecule has 1 aliphatic heterocycles. The number of pyridine rings is 1. The lowest BCUT2D eigenvalue weighted by Crippen LogP contribution is -2.49. The standard InChI is InChI=1S/C21H20F6N8O.CH4/c1-11-16-17(34(2)14(18(36)32-16)5-20(22,23)24)33-19(31-11)29-7-13-8-30-35(10-13)9-12-3-4-15(28-6-12)21(25,26)27;/h3-4,6,8,10,14H,5,7,9H2,1-2H3,(H,32,36)(H,29,31,33);1H4/t14-;/m1./s1. The fraction of sp³-hybridized carbons (Fsp3) is 0.409. The molecule has 200 valence electrons. The minimum Gasteiger partial charge on any atom is -0.350 e. The van der Waals surface area contributed by atoms with Crippen LogP contribution in [0.4, 0.5) is 43.8 Å². The average Bonchev–Trinajstić information content (AvgIpc) is 3.22. The number of halogens is 6. The number of hydrogen-bond acceptors (Lipinski definition) is 7. The van der Waals surface area contributed by atoms with Crippen molar-refractivity contribution in [2.75, 3.05) is 22.6 Å². The third-order valence-electron chi connectivity index (χ3n) is 5.45. The molecule has 37 heavy (non-hydrogen) atoms. The first-order valence-corrected chi connectivity index (χ1v) is 10.6. The molecular weight excluding hydrogens is 506 g/mol. The number of hydrogen-bond donors (Lipinski definition) is 2. The number of carbonyl (C=O) groups is 1. The van der Waals surface area contributed by atoms with E-state index in [4.69, 9.17) is 0 Å². The van der Waals surface area contributed by atoms with Gasteiger partial charge in [0.05, 0.1) is 24.9 Å². The summed E-state index contributed by atoms with van der Waals surface area (Å²) in [7, 11) is 1.37. The highest BCUT2D eigenvalue weighted by atomic mass is 19.4. The molecule has 0 spiro atoms. The molecule has 3 aromatic rings. The van der Waals surface area contributed by atoms with Gasteiger partial charge in [-0.3, -0.25) is 14.5 Å². The van der Waals surface area contributed by atoms with E-state index in [1.807, 2.05) is 0 Å². The van der Waals surface area contributed by atoms with Gasteiger partial charge < -0.3 is 15.5 Å². The smallest absolute Gasteiger partial charge is 0.350 e. The Morgan fingerprint density at radius 2 is 1.81 bits per heavy atom. The van der Waals surface area contributed by atoms with Gasteiger partial charge in [0.2, 0.25) is 11.9 Å². The summed E-state index contributed by atoms with van der Waals surface area (Å²) in [4.78, 5) is 25.3. The maximum absolute atomic E-state index is 12.9. The Morgan fingerprint density at radius 3 is 2.43 bits per heavy atom. The highest BCUT2D eigenvalue weighted by Gasteiger charge is 2.41. The number of amides is 1. The second-order valence-electron chi connectivity index (χ2n) is 8.22. The second-order valence-corrected chi connectivity index (χ2v) is 8.22. The van der Waals surface area contributed by atoms with Crippen molar-refractivity contribution in [2.24, 2.45) is 0 Å². The number of nitrogens with one attached hydrogen (secondary N) is 2. The molecule has 1 aliphatic rings. The van der Waals surface area contributed by atoms with Gasteiger partial charge in [-0.1, -0.05) is 13.5 Å². The lowest BCUT2D eigenvalue weighted by atomic mass is 10.1. The van der Waals surface area contributed by atoms with E-state index in [1.54, 1.807) is 19.3 Å². The van der Waals surface area contributed by atoms with Crippen molar-refractivity contribution in [3.63, 3.8) is 0 Å². The monoisotopic (exact) mass is 530 g/mol. The number of aryl methyl sites for hydroxylation is 1. The Bertz CT molecular complexity index is 1260. The number of likely N-dealkylation sites (N-methyl/N-ethyl adjacent to an activating group) is 1. The Kier molecular flexibility index (Phi) is 7.64. The van der Waals surface area contributed by atoms with E-state index in [2.05, 4.69) is 30.7 Å². The topological polar surface area (TPSA) is 101 Å². The fourth-order valence-electron chi connectivity index (χ4n) is 3.66. The van der Waals surface area contributed by atoms with Gasteiger partial charge in [-0.05, 0) is 18.6 Å². The minimum absolute atomic E-state index is 0. The molecule has 1 amide bonds. The first-order chi connectivity index (χ1) is 16.8. The van der Waals surface area contributed by atoms with Gasteiger partial charge in [-0.2, -0.15) is 36.4 Å². The molecule has 3 aromatic heterocycles. The van der Waals surface area contributed by atoms with Gasteiger partial charge in [0.15, 0.2) is 5.82 Å². The number of fused-ring (bicyclic) bond motifs is 1. The zero-order valence-corrected chi connectivity index (χ0v) is 18.9. The summed E-state index contributed by atoms with van der Waals surface area (Å²) < 4.78 is 78.3. The SMILES string of the molecule is C.Cc1nc(NCc2cnn(Cc3ccc(C(F)(F)F)nc3)c2)nc2c1NC(=O)[C@@H](CC(F)(F)F)N2C. The Morgan fingerprint density at radius 1 is 1.08 bits per heavy atom. The summed E-state index contributed by atoms with van der Waals surface area (Å²) in [6, 6.07) is 0.758. The molecule has 4 heterocycles. The van der Waals surface area contributed by atoms with Gasteiger partial charge in [0.25, 0.3) is 0 Å². The lowest BCUT2D eigenvalue weighted by molar-refractivity contribution is -0.145. The molecular formula is C22H24F6N8O. The lowest BCUT2D eigenvalue weighted by Gasteiger charge is -2.35. The zero-order chi connectivity index (χ0) is 26.3. The van der Waals surface area contributed by atoms with E-state index in [9.17, 15) is 31.1 Å². The summed E-state index contributed by atoms with van der Waals surface area (Å²) in [6.45, 7) is 2.01. The predicted octanol–water partition coefficient (Wildman–Crippen LogP) is 4.40. The van der Waals surface area contributed by atoms with E-state index < -0.39 is 36.4 Å². The van der Waals surface area contributed by atoms with Gasteiger partial charge in [-0.25, -0.2) is 4.98 Å². The number of anilines is 3. The van der Waals surface area contributed by atoms with E-state index in [0.717, 1.165) is 12.3 Å². The maximum Gasteiger partial charge on any atom is 0.433 e. The molecule has 9 nitrogen and oxygen atoms in total. The average molecular weight is 530 g/mol. The van der Waals surface area contributed by atoms with Crippen LogP contribution in [0.5, 0.6) is 0 Å². The molecule has 0 bridgehead atoms. The highest BCUT2D eigenvalue weighted by Crippen LogP contribution is 2.35. The van der Waals surface area contributed by atoms with Crippen LogP contribution in [0.2, 0.25) is 0 Å². The summed E-state index contributed by atoms with van der Waals surface area (Å²) >= 11 is 0. The minimum atomic E-state index is -4.53. The third kappa shape index (κ3) is 6.46. The Balaban J connectivity index is 0.00000380. The third-order valence-corrected chi connectivity index (χ3v) is 5.45. The van der Waals surface area contributed by atoms with Crippen molar-refractivity contribution in [3.8, 4) is 0 Å². The first-order valence-electron chi connectivity index (χ1n) is 10.6. The van der Waals surface area contributed by atoms with Crippen molar-refractivity contribution < 1.29 is 31.1 Å². The molecule has 1 atom stereocenters. The number of alkyl halides is 6. The van der Waals surface area contributed by atoms with Crippen molar-refractivity contribution >= 4 is 23.4 Å². The summed E-state index contributed by atoms with van der Waals surface area (Å²) in [5, 5.41) is 9.60. The van der Waals surface area contributed by atoms with Gasteiger partial charge in [0, 0.05) is 31.5 Å². The van der Waals surface area contributed by atoms with E-state index >= 15 is 0 Å². The van der Waals surface area contributed by atoms with Crippen LogP contribution >= 0.6 is 0 Å². The van der Waals surface area contributed by atoms with Crippen molar-refractivity contribution in [3.05, 3.63) is 53.2 Å². The fourth-order valence-corrected chi connectivity index (χ4v) is 3.66. The number of carbonyl (C=O) groups excluding carboxylic acids is 1. The van der Waals surface area contributed by atoms with Crippen LogP contribution in [0.1, 0.15) is 36.4 Å². The van der Waals surface area contributed by atoms with Crippen LogP contribution in [0, 0.1) is 6.92 Å². The maximum atomic E-state index is 12.9. The molecule has 0 fully saturated rings. The molecule has 0 unspecified atom stereocenters. The first kappa shape index (κ1) is 27.7. The Hall–Kier alpha value is -3.91. The van der Waals surface area contributed by atoms with E-state index in [0.29, 0.717) is 16.8 Å². The molecule has 0 saturated heterocycles. The van der Waals surface area contributed by atoms with E-state index in [-0.39, 0.29) is 38.0 Å². The number of nitrogens with zero attached hydrogens (tertiary/aromatic N) is 6. The van der Waals surface area contributed by atoms with E-state index in [1.165, 1.54) is 22.7 Å². The van der Waals surface area contributed by atoms with Crippen molar-refractivity contribution in [2.45, 2.75) is 52.3 Å². The van der Waals surface area contributed by atoms with Gasteiger partial charge in [0.1, 0.15) is 17.4 Å². The van der Waals surface area contributed by atoms with Crippen LogP contribution in [0.25, 0.3) is 0 Å². The van der Waals surface area contributed by atoms with Crippen molar-refractivity contribution in [1.82, 2.24) is 24.7 Å². The molecule has 15 heteroatoms. The van der Waals surface area contributed by atoms with Crippen LogP contribution in [0.3, 0.4) is 0 Å². The predicted molar refractivity (Wildman–Crippen MR) is 123 cm³/mol. The van der Waals surface area contributed by atoms with Crippen LogP contribution in [-0.4, -0.2) is 49.9 Å².